The molecule has 9 heteroatoms. The van der Waals surface area contributed by atoms with Crippen molar-refractivity contribution in [2.24, 2.45) is 0 Å². The van der Waals surface area contributed by atoms with Crippen molar-refractivity contribution in [3.8, 4) is 0 Å². The van der Waals surface area contributed by atoms with E-state index in [2.05, 4.69) is 9.88 Å². The van der Waals surface area contributed by atoms with Crippen LogP contribution in [0.1, 0.15) is 74.8 Å². The number of amides is 1. The van der Waals surface area contributed by atoms with E-state index in [1.54, 1.807) is 20.8 Å². The summed E-state index contributed by atoms with van der Waals surface area (Å²) in [6.07, 6.45) is 0.811. The third kappa shape index (κ3) is 4.24. The molecule has 1 amide bonds. The first-order valence-corrected chi connectivity index (χ1v) is 11.5. The number of rotatable bonds is 4. The maximum atomic E-state index is 14.7. The molecule has 0 unspecified atom stereocenters. The standard InChI is InChI=1S/C24H30F2N4O3/c1-24(2,3)30(23(31)32)20-9-15(12-33-21(20)16-8-14(25)6-7-17(16)26)29-10-18-19(11-29)28-22(27-18)13-4-5-13/h6-8,13,15,20-21H,4-5,9-12H2,1-3H3,(H,27,28)(H,31,32)/t15-,20+,21-/m1/s1. The van der Waals surface area contributed by atoms with Gasteiger partial charge >= 0.3 is 6.09 Å². The van der Waals surface area contributed by atoms with E-state index in [0.717, 1.165) is 35.4 Å². The van der Waals surface area contributed by atoms with Crippen LogP contribution in [0.15, 0.2) is 18.2 Å². The van der Waals surface area contributed by atoms with Crippen LogP contribution in [-0.2, 0) is 17.8 Å². The van der Waals surface area contributed by atoms with Crippen molar-refractivity contribution in [1.29, 1.82) is 0 Å². The van der Waals surface area contributed by atoms with Crippen LogP contribution in [0.5, 0.6) is 0 Å². The van der Waals surface area contributed by atoms with E-state index in [1.165, 1.54) is 17.7 Å². The van der Waals surface area contributed by atoms with Gasteiger partial charge in [-0.3, -0.25) is 9.80 Å². The predicted octanol–water partition coefficient (Wildman–Crippen LogP) is 4.56. The molecule has 1 aliphatic carbocycles. The normalized spacial score (nSPS) is 25.8. The van der Waals surface area contributed by atoms with Crippen molar-refractivity contribution in [3.05, 3.63) is 52.6 Å². The number of imidazole rings is 1. The van der Waals surface area contributed by atoms with Crippen LogP contribution in [-0.4, -0.2) is 55.2 Å². The number of carbonyl (C=O) groups is 1. The number of benzene rings is 1. The largest absolute Gasteiger partial charge is 0.465 e. The highest BCUT2D eigenvalue weighted by atomic mass is 19.1. The number of hydrogen-bond donors (Lipinski definition) is 2. The molecule has 3 heterocycles. The number of carboxylic acid groups (broad SMARTS) is 1. The Kier molecular flexibility index (Phi) is 5.44. The van der Waals surface area contributed by atoms with Gasteiger partial charge in [0.15, 0.2) is 0 Å². The number of ether oxygens (including phenoxy) is 1. The smallest absolute Gasteiger partial charge is 0.408 e. The Balaban J connectivity index is 1.41. The lowest BCUT2D eigenvalue weighted by atomic mass is 9.88. The van der Waals surface area contributed by atoms with Gasteiger partial charge in [0.05, 0.1) is 24.0 Å². The van der Waals surface area contributed by atoms with Crippen molar-refractivity contribution in [3.63, 3.8) is 0 Å². The Labute approximate surface area is 191 Å². The third-order valence-corrected chi connectivity index (χ3v) is 6.93. The SMILES string of the molecule is CC(C)(C)N(C(=O)O)[C@H]1C[C@@H](N2Cc3nc(C4CC4)[nH]c3C2)CO[C@@H]1c1cc(F)ccc1F. The van der Waals surface area contributed by atoms with Crippen LogP contribution < -0.4 is 0 Å². The molecule has 2 fully saturated rings. The second-order valence-corrected chi connectivity index (χ2v) is 10.4. The van der Waals surface area contributed by atoms with Crippen LogP contribution in [0.2, 0.25) is 0 Å². The van der Waals surface area contributed by atoms with E-state index < -0.39 is 35.4 Å². The van der Waals surface area contributed by atoms with E-state index in [1.807, 2.05) is 0 Å². The first-order chi connectivity index (χ1) is 15.6. The minimum atomic E-state index is -1.11. The van der Waals surface area contributed by atoms with Gasteiger partial charge in [0.1, 0.15) is 23.6 Å². The lowest BCUT2D eigenvalue weighted by Gasteiger charge is -2.48. The van der Waals surface area contributed by atoms with Gasteiger partial charge in [-0.25, -0.2) is 18.6 Å². The van der Waals surface area contributed by atoms with Crippen LogP contribution in [0, 0.1) is 11.6 Å². The van der Waals surface area contributed by atoms with E-state index in [-0.39, 0.29) is 11.6 Å². The second-order valence-electron chi connectivity index (χ2n) is 10.4. The molecule has 0 radical (unpaired) electrons. The molecule has 0 spiro atoms. The van der Waals surface area contributed by atoms with Crippen LogP contribution >= 0.6 is 0 Å². The summed E-state index contributed by atoms with van der Waals surface area (Å²) in [4.78, 5) is 24.1. The van der Waals surface area contributed by atoms with Crippen molar-refractivity contribution in [2.45, 2.75) is 82.8 Å². The number of nitrogens with zero attached hydrogens (tertiary/aromatic N) is 3. The molecule has 1 saturated carbocycles. The molecule has 2 aromatic rings. The van der Waals surface area contributed by atoms with Crippen molar-refractivity contribution < 1.29 is 23.4 Å². The summed E-state index contributed by atoms with van der Waals surface area (Å²) in [6, 6.07) is 2.49. The average molecular weight is 461 g/mol. The quantitative estimate of drug-likeness (QED) is 0.699. The molecular weight excluding hydrogens is 430 g/mol. The molecule has 1 aromatic carbocycles. The molecule has 3 aliphatic rings. The number of halogens is 2. The number of aromatic amines is 1. The van der Waals surface area contributed by atoms with E-state index in [0.29, 0.717) is 32.0 Å². The summed E-state index contributed by atoms with van der Waals surface area (Å²) in [7, 11) is 0. The highest BCUT2D eigenvalue weighted by Gasteiger charge is 2.46. The van der Waals surface area contributed by atoms with Crippen molar-refractivity contribution in [2.75, 3.05) is 6.61 Å². The average Bonchev–Trinajstić information content (AvgIpc) is 3.38. The second kappa shape index (κ2) is 8.06. The number of aromatic nitrogens is 2. The summed E-state index contributed by atoms with van der Waals surface area (Å²) in [6.45, 7) is 7.06. The van der Waals surface area contributed by atoms with Gasteiger partial charge in [-0.1, -0.05) is 0 Å². The summed E-state index contributed by atoms with van der Waals surface area (Å²) >= 11 is 0. The number of fused-ring (bicyclic) bond motifs is 1. The van der Waals surface area contributed by atoms with Gasteiger partial charge in [-0.2, -0.15) is 0 Å². The first-order valence-electron chi connectivity index (χ1n) is 11.5. The fourth-order valence-corrected chi connectivity index (χ4v) is 5.24. The minimum absolute atomic E-state index is 0.0522. The van der Waals surface area contributed by atoms with Crippen LogP contribution in [0.25, 0.3) is 0 Å². The molecular formula is C24H30F2N4O3. The molecule has 2 aliphatic heterocycles. The Morgan fingerprint density at radius 1 is 1.27 bits per heavy atom. The third-order valence-electron chi connectivity index (χ3n) is 6.93. The molecule has 33 heavy (non-hydrogen) atoms. The van der Waals surface area contributed by atoms with Gasteiger partial charge in [-0.15, -0.1) is 0 Å². The first kappa shape index (κ1) is 22.3. The van der Waals surface area contributed by atoms with Crippen LogP contribution in [0.4, 0.5) is 13.6 Å². The highest BCUT2D eigenvalue weighted by molar-refractivity contribution is 5.66. The maximum Gasteiger partial charge on any atom is 0.408 e. The van der Waals surface area contributed by atoms with Gasteiger partial charge in [0, 0.05) is 36.2 Å². The highest BCUT2D eigenvalue weighted by Crippen LogP contribution is 2.42. The summed E-state index contributed by atoms with van der Waals surface area (Å²) in [5, 5.41) is 10.1. The number of hydrogen-bond acceptors (Lipinski definition) is 4. The monoisotopic (exact) mass is 460 g/mol. The summed E-state index contributed by atoms with van der Waals surface area (Å²) in [5.74, 6) is 0.453. The van der Waals surface area contributed by atoms with Gasteiger partial charge < -0.3 is 14.8 Å². The fourth-order valence-electron chi connectivity index (χ4n) is 5.24. The van der Waals surface area contributed by atoms with Gasteiger partial charge in [0.25, 0.3) is 0 Å². The van der Waals surface area contributed by atoms with Gasteiger partial charge in [-0.05, 0) is 58.2 Å². The molecule has 7 nitrogen and oxygen atoms in total. The Bertz CT molecular complexity index is 1040. The lowest BCUT2D eigenvalue weighted by Crippen LogP contribution is -2.58. The van der Waals surface area contributed by atoms with E-state index >= 15 is 0 Å². The van der Waals surface area contributed by atoms with Crippen LogP contribution in [0.3, 0.4) is 0 Å². The maximum absolute atomic E-state index is 14.7. The molecule has 3 atom stereocenters. The minimum Gasteiger partial charge on any atom is -0.465 e. The number of nitrogens with one attached hydrogen (secondary N) is 1. The molecule has 1 saturated heterocycles. The fraction of sp³-hybridized carbons (Fsp3) is 0.583. The van der Waals surface area contributed by atoms with Crippen molar-refractivity contribution in [1.82, 2.24) is 19.8 Å². The molecule has 2 N–H and O–H groups in total. The van der Waals surface area contributed by atoms with Crippen molar-refractivity contribution >= 4 is 6.09 Å². The Hall–Kier alpha value is -2.52. The Morgan fingerprint density at radius 2 is 2.03 bits per heavy atom. The van der Waals surface area contributed by atoms with E-state index in [4.69, 9.17) is 9.72 Å². The topological polar surface area (TPSA) is 81.7 Å². The molecule has 5 rings (SSSR count). The van der Waals surface area contributed by atoms with E-state index in [9.17, 15) is 18.7 Å². The lowest BCUT2D eigenvalue weighted by molar-refractivity contribution is -0.103. The zero-order valence-corrected chi connectivity index (χ0v) is 19.1. The zero-order chi connectivity index (χ0) is 23.5. The molecule has 1 aromatic heterocycles. The Morgan fingerprint density at radius 3 is 2.67 bits per heavy atom. The summed E-state index contributed by atoms with van der Waals surface area (Å²) < 4.78 is 34.8. The number of H-pyrrole nitrogens is 1. The van der Waals surface area contributed by atoms with Gasteiger partial charge in [0.2, 0.25) is 0 Å². The molecule has 178 valence electrons. The zero-order valence-electron chi connectivity index (χ0n) is 19.1. The molecule has 0 bridgehead atoms. The summed E-state index contributed by atoms with van der Waals surface area (Å²) in [5.41, 5.74) is 1.45. The predicted molar refractivity (Wildman–Crippen MR) is 117 cm³/mol.